The quantitative estimate of drug-likeness (QED) is 0.697. The molecule has 4 nitrogen and oxygen atoms in total. The number of aliphatic hydroxyl groups is 1. The van der Waals surface area contributed by atoms with Gasteiger partial charge in [0.2, 0.25) is 0 Å². The summed E-state index contributed by atoms with van der Waals surface area (Å²) >= 11 is 0. The topological polar surface area (TPSA) is 74.9 Å². The summed E-state index contributed by atoms with van der Waals surface area (Å²) in [6, 6.07) is 5.92. The summed E-state index contributed by atoms with van der Waals surface area (Å²) in [6.45, 7) is 2.45. The molecule has 1 atom stereocenters. The molecule has 0 saturated carbocycles. The molecule has 1 unspecified atom stereocenters. The molecule has 2 aromatic rings. The molecule has 1 aromatic heterocycles. The molecule has 0 bridgehead atoms. The Morgan fingerprint density at radius 3 is 3.00 bits per heavy atom. The molecular formula is C11H15N3O. The Labute approximate surface area is 88.1 Å². The Kier molecular flexibility index (Phi) is 2.70. The smallest absolute Gasteiger partial charge is 0.104 e. The monoisotopic (exact) mass is 205 g/mol. The second-order valence-corrected chi connectivity index (χ2v) is 3.71. The number of rotatable bonds is 3. The Balaban J connectivity index is 2.45. The van der Waals surface area contributed by atoms with Gasteiger partial charge in [0, 0.05) is 12.5 Å². The van der Waals surface area contributed by atoms with Crippen LogP contribution in [0.25, 0.3) is 11.0 Å². The SMILES string of the molecule is Cc1nc2ccc(C(CN)CO)cc2[nH]1. The summed E-state index contributed by atoms with van der Waals surface area (Å²) in [5.74, 6) is 0.911. The van der Waals surface area contributed by atoms with E-state index in [4.69, 9.17) is 10.8 Å². The summed E-state index contributed by atoms with van der Waals surface area (Å²) in [6.07, 6.45) is 0. The standard InChI is InChI=1S/C11H15N3O/c1-7-13-10-3-2-8(4-11(10)14-7)9(5-12)6-15/h2-4,9,15H,5-6,12H2,1H3,(H,13,14). The number of aromatic amines is 1. The van der Waals surface area contributed by atoms with Gasteiger partial charge in [-0.15, -0.1) is 0 Å². The number of H-pyrrole nitrogens is 1. The largest absolute Gasteiger partial charge is 0.396 e. The molecule has 0 spiro atoms. The van der Waals surface area contributed by atoms with Crippen LogP contribution in [0.2, 0.25) is 0 Å². The van der Waals surface area contributed by atoms with Gasteiger partial charge in [-0.25, -0.2) is 4.98 Å². The van der Waals surface area contributed by atoms with Gasteiger partial charge in [0.1, 0.15) is 5.82 Å². The number of hydrogen-bond donors (Lipinski definition) is 3. The average molecular weight is 205 g/mol. The van der Waals surface area contributed by atoms with Gasteiger partial charge in [-0.1, -0.05) is 6.07 Å². The van der Waals surface area contributed by atoms with Crippen molar-refractivity contribution in [1.29, 1.82) is 0 Å². The van der Waals surface area contributed by atoms with E-state index in [1.807, 2.05) is 25.1 Å². The van der Waals surface area contributed by atoms with Gasteiger partial charge in [0.25, 0.3) is 0 Å². The maximum Gasteiger partial charge on any atom is 0.104 e. The zero-order valence-corrected chi connectivity index (χ0v) is 8.70. The molecule has 15 heavy (non-hydrogen) atoms. The third-order valence-corrected chi connectivity index (χ3v) is 2.60. The van der Waals surface area contributed by atoms with Crippen molar-refractivity contribution < 1.29 is 5.11 Å². The third kappa shape index (κ3) is 1.86. The van der Waals surface area contributed by atoms with E-state index in [1.54, 1.807) is 0 Å². The highest BCUT2D eigenvalue weighted by Crippen LogP contribution is 2.19. The van der Waals surface area contributed by atoms with E-state index in [9.17, 15) is 0 Å². The Hall–Kier alpha value is -1.39. The van der Waals surface area contributed by atoms with Crippen molar-refractivity contribution in [1.82, 2.24) is 9.97 Å². The highest BCUT2D eigenvalue weighted by atomic mass is 16.3. The third-order valence-electron chi connectivity index (χ3n) is 2.60. The van der Waals surface area contributed by atoms with E-state index in [-0.39, 0.29) is 12.5 Å². The van der Waals surface area contributed by atoms with Gasteiger partial charge in [-0.3, -0.25) is 0 Å². The number of imidazole rings is 1. The molecule has 0 aliphatic heterocycles. The minimum absolute atomic E-state index is 0.0120. The van der Waals surface area contributed by atoms with Crippen LogP contribution < -0.4 is 5.73 Å². The molecule has 4 heteroatoms. The number of benzene rings is 1. The van der Waals surface area contributed by atoms with Crippen molar-refractivity contribution in [2.75, 3.05) is 13.2 Å². The summed E-state index contributed by atoms with van der Waals surface area (Å²) in [7, 11) is 0. The van der Waals surface area contributed by atoms with E-state index in [0.29, 0.717) is 6.54 Å². The summed E-state index contributed by atoms with van der Waals surface area (Å²) in [5, 5.41) is 9.15. The molecule has 2 rings (SSSR count). The molecule has 0 saturated heterocycles. The van der Waals surface area contributed by atoms with Gasteiger partial charge in [0.05, 0.1) is 17.6 Å². The van der Waals surface area contributed by atoms with Crippen molar-refractivity contribution in [2.24, 2.45) is 5.73 Å². The number of aromatic nitrogens is 2. The first-order valence-electron chi connectivity index (χ1n) is 5.01. The average Bonchev–Trinajstić information content (AvgIpc) is 2.59. The molecule has 0 amide bonds. The molecular weight excluding hydrogens is 190 g/mol. The number of aryl methyl sites for hydroxylation is 1. The van der Waals surface area contributed by atoms with Crippen LogP contribution in [0.4, 0.5) is 0 Å². The maximum atomic E-state index is 9.15. The van der Waals surface area contributed by atoms with Crippen molar-refractivity contribution in [3.05, 3.63) is 29.6 Å². The van der Waals surface area contributed by atoms with Crippen LogP contribution in [0, 0.1) is 6.92 Å². The lowest BCUT2D eigenvalue weighted by Gasteiger charge is -2.11. The van der Waals surface area contributed by atoms with E-state index >= 15 is 0 Å². The highest BCUT2D eigenvalue weighted by molar-refractivity contribution is 5.76. The first kappa shape index (κ1) is 10.1. The van der Waals surface area contributed by atoms with E-state index < -0.39 is 0 Å². The zero-order valence-electron chi connectivity index (χ0n) is 8.70. The van der Waals surface area contributed by atoms with Crippen molar-refractivity contribution in [3.63, 3.8) is 0 Å². The Morgan fingerprint density at radius 2 is 2.33 bits per heavy atom. The molecule has 1 heterocycles. The fourth-order valence-electron chi connectivity index (χ4n) is 1.72. The number of nitrogens with two attached hydrogens (primary N) is 1. The molecule has 80 valence electrons. The molecule has 0 aliphatic carbocycles. The first-order valence-corrected chi connectivity index (χ1v) is 5.01. The second-order valence-electron chi connectivity index (χ2n) is 3.71. The van der Waals surface area contributed by atoms with Gasteiger partial charge in [-0.2, -0.15) is 0 Å². The lowest BCUT2D eigenvalue weighted by molar-refractivity contribution is 0.268. The minimum atomic E-state index is 0.0120. The molecule has 4 N–H and O–H groups in total. The predicted octanol–water partition coefficient (Wildman–Crippen LogP) is 0.906. The first-order chi connectivity index (χ1) is 7.24. The Morgan fingerprint density at radius 1 is 1.53 bits per heavy atom. The number of nitrogens with one attached hydrogen (secondary N) is 1. The zero-order chi connectivity index (χ0) is 10.8. The van der Waals surface area contributed by atoms with Crippen molar-refractivity contribution in [2.45, 2.75) is 12.8 Å². The van der Waals surface area contributed by atoms with Crippen LogP contribution in [0.5, 0.6) is 0 Å². The van der Waals surface area contributed by atoms with Crippen molar-refractivity contribution >= 4 is 11.0 Å². The normalized spacial score (nSPS) is 13.3. The van der Waals surface area contributed by atoms with Crippen LogP contribution in [0.1, 0.15) is 17.3 Å². The molecule has 0 radical (unpaired) electrons. The predicted molar refractivity (Wildman–Crippen MR) is 59.7 cm³/mol. The number of hydrogen-bond acceptors (Lipinski definition) is 3. The van der Waals surface area contributed by atoms with Crippen LogP contribution in [-0.2, 0) is 0 Å². The summed E-state index contributed by atoms with van der Waals surface area (Å²) in [4.78, 5) is 7.48. The number of nitrogens with zero attached hydrogens (tertiary/aromatic N) is 1. The summed E-state index contributed by atoms with van der Waals surface area (Å²) < 4.78 is 0. The Bertz CT molecular complexity index is 460. The maximum absolute atomic E-state index is 9.15. The molecule has 0 fully saturated rings. The van der Waals surface area contributed by atoms with Crippen LogP contribution in [0.3, 0.4) is 0 Å². The van der Waals surface area contributed by atoms with Gasteiger partial charge in [0.15, 0.2) is 0 Å². The number of aliphatic hydroxyl groups excluding tert-OH is 1. The highest BCUT2D eigenvalue weighted by Gasteiger charge is 2.09. The second kappa shape index (κ2) is 4.00. The fourth-order valence-corrected chi connectivity index (χ4v) is 1.72. The lowest BCUT2D eigenvalue weighted by Crippen LogP contribution is -2.15. The van der Waals surface area contributed by atoms with Crippen LogP contribution >= 0.6 is 0 Å². The van der Waals surface area contributed by atoms with Crippen LogP contribution in [0.15, 0.2) is 18.2 Å². The number of fused-ring (bicyclic) bond motifs is 1. The van der Waals surface area contributed by atoms with Gasteiger partial charge in [-0.05, 0) is 24.6 Å². The summed E-state index contributed by atoms with van der Waals surface area (Å²) in [5.41, 5.74) is 8.58. The van der Waals surface area contributed by atoms with Crippen LogP contribution in [-0.4, -0.2) is 28.2 Å². The fraction of sp³-hybridized carbons (Fsp3) is 0.364. The van der Waals surface area contributed by atoms with Gasteiger partial charge < -0.3 is 15.8 Å². The minimum Gasteiger partial charge on any atom is -0.396 e. The van der Waals surface area contributed by atoms with Gasteiger partial charge >= 0.3 is 0 Å². The lowest BCUT2D eigenvalue weighted by atomic mass is 10.00. The molecule has 1 aromatic carbocycles. The van der Waals surface area contributed by atoms with E-state index in [0.717, 1.165) is 22.4 Å². The van der Waals surface area contributed by atoms with E-state index in [1.165, 1.54) is 0 Å². The van der Waals surface area contributed by atoms with Crippen molar-refractivity contribution in [3.8, 4) is 0 Å². The van der Waals surface area contributed by atoms with E-state index in [2.05, 4.69) is 9.97 Å². The molecule has 0 aliphatic rings.